The van der Waals surface area contributed by atoms with Crippen molar-refractivity contribution in [1.29, 1.82) is 0 Å². The summed E-state index contributed by atoms with van der Waals surface area (Å²) in [6.07, 6.45) is 6.86. The van der Waals surface area contributed by atoms with Gasteiger partial charge in [0.1, 0.15) is 5.75 Å². The van der Waals surface area contributed by atoms with E-state index >= 15 is 0 Å². The van der Waals surface area contributed by atoms with Crippen molar-refractivity contribution in [2.75, 3.05) is 7.11 Å². The predicted octanol–water partition coefficient (Wildman–Crippen LogP) is 3.05. The van der Waals surface area contributed by atoms with Gasteiger partial charge in [0.15, 0.2) is 5.78 Å². The Labute approximate surface area is 125 Å². The van der Waals surface area contributed by atoms with Gasteiger partial charge in [-0.3, -0.25) is 4.79 Å². The van der Waals surface area contributed by atoms with Crippen molar-refractivity contribution in [3.63, 3.8) is 0 Å². The maximum atomic E-state index is 12.0. The number of carbonyl (C=O) groups excluding carboxylic acids is 1. The number of Topliss-reactive ketones (excluding diaryl/α,β-unsaturated/α-hetero) is 1. The molecule has 0 saturated carbocycles. The van der Waals surface area contributed by atoms with Crippen LogP contribution in [0.4, 0.5) is 0 Å². The first-order chi connectivity index (χ1) is 10.2. The molecule has 1 heterocycles. The van der Waals surface area contributed by atoms with Crippen LogP contribution in [-0.2, 0) is 24.2 Å². The van der Waals surface area contributed by atoms with Crippen LogP contribution in [0.15, 0.2) is 36.8 Å². The van der Waals surface area contributed by atoms with Crippen molar-refractivity contribution in [3.8, 4) is 5.75 Å². The average Bonchev–Trinajstić information content (AvgIpc) is 2.95. The fraction of sp³-hybridized carbons (Fsp3) is 0.412. The van der Waals surface area contributed by atoms with Gasteiger partial charge in [-0.2, -0.15) is 0 Å². The molecule has 0 amide bonds. The predicted molar refractivity (Wildman–Crippen MR) is 82.5 cm³/mol. The summed E-state index contributed by atoms with van der Waals surface area (Å²) in [6.45, 7) is 2.51. The molecule has 2 aromatic rings. The van der Waals surface area contributed by atoms with Gasteiger partial charge in [0.25, 0.3) is 0 Å². The van der Waals surface area contributed by atoms with Crippen LogP contribution < -0.4 is 4.74 Å². The van der Waals surface area contributed by atoms with Crippen molar-refractivity contribution >= 4 is 5.78 Å². The Morgan fingerprint density at radius 2 is 2.05 bits per heavy atom. The molecule has 4 heteroatoms. The van der Waals surface area contributed by atoms with Gasteiger partial charge >= 0.3 is 0 Å². The third-order valence-electron chi connectivity index (χ3n) is 3.59. The molecule has 1 aromatic carbocycles. The summed E-state index contributed by atoms with van der Waals surface area (Å²) in [5.41, 5.74) is 2.35. The second kappa shape index (κ2) is 7.62. The zero-order chi connectivity index (χ0) is 15.1. The highest BCUT2D eigenvalue weighted by Gasteiger charge is 2.06. The van der Waals surface area contributed by atoms with E-state index in [-0.39, 0.29) is 5.78 Å². The van der Waals surface area contributed by atoms with Crippen molar-refractivity contribution in [1.82, 2.24) is 9.55 Å². The van der Waals surface area contributed by atoms with E-state index in [4.69, 9.17) is 4.74 Å². The van der Waals surface area contributed by atoms with E-state index in [0.29, 0.717) is 13.0 Å². The van der Waals surface area contributed by atoms with E-state index in [1.165, 1.54) is 5.56 Å². The largest absolute Gasteiger partial charge is 0.497 e. The van der Waals surface area contributed by atoms with Gasteiger partial charge in [0, 0.05) is 18.3 Å². The summed E-state index contributed by atoms with van der Waals surface area (Å²) >= 11 is 0. The molecule has 1 aromatic heterocycles. The van der Waals surface area contributed by atoms with Crippen LogP contribution in [0.3, 0.4) is 0 Å². The zero-order valence-electron chi connectivity index (χ0n) is 12.7. The average molecular weight is 286 g/mol. The Kier molecular flexibility index (Phi) is 5.55. The summed E-state index contributed by atoms with van der Waals surface area (Å²) in [4.78, 5) is 16.1. The second-order valence-electron chi connectivity index (χ2n) is 5.11. The number of ketones is 1. The Hall–Kier alpha value is -2.10. The molecule has 4 nitrogen and oxygen atoms in total. The lowest BCUT2D eigenvalue weighted by Gasteiger charge is -2.06. The molecule has 0 saturated heterocycles. The van der Waals surface area contributed by atoms with Crippen molar-refractivity contribution < 1.29 is 9.53 Å². The van der Waals surface area contributed by atoms with Crippen molar-refractivity contribution in [2.24, 2.45) is 0 Å². The monoisotopic (exact) mass is 286 g/mol. The molecule has 0 spiro atoms. The lowest BCUT2D eigenvalue weighted by molar-refractivity contribution is -0.119. The normalized spacial score (nSPS) is 10.6. The Bertz CT molecular complexity index is 573. The number of hydrogen-bond acceptors (Lipinski definition) is 3. The SMILES string of the molecule is CCc1cncn1CC(=O)CCCc1ccc(OC)cc1. The van der Waals surface area contributed by atoms with Crippen molar-refractivity contribution in [2.45, 2.75) is 39.2 Å². The maximum absolute atomic E-state index is 12.0. The minimum Gasteiger partial charge on any atom is -0.497 e. The number of hydrogen-bond donors (Lipinski definition) is 0. The van der Waals surface area contributed by atoms with Crippen LogP contribution in [0.2, 0.25) is 0 Å². The molecule has 0 aliphatic heterocycles. The van der Waals surface area contributed by atoms with Crippen LogP contribution in [-0.4, -0.2) is 22.4 Å². The molecule has 0 bridgehead atoms. The molecule has 0 aliphatic rings. The first-order valence-corrected chi connectivity index (χ1v) is 7.36. The number of nitrogens with zero attached hydrogens (tertiary/aromatic N) is 2. The lowest BCUT2D eigenvalue weighted by atomic mass is 10.1. The summed E-state index contributed by atoms with van der Waals surface area (Å²) in [6, 6.07) is 8.01. The number of aryl methyl sites for hydroxylation is 2. The van der Waals surface area contributed by atoms with Crippen LogP contribution in [0.5, 0.6) is 5.75 Å². The molecule has 0 N–H and O–H groups in total. The van der Waals surface area contributed by atoms with E-state index in [2.05, 4.69) is 11.9 Å². The Morgan fingerprint density at radius 1 is 1.29 bits per heavy atom. The Balaban J connectivity index is 1.76. The van der Waals surface area contributed by atoms with Crippen molar-refractivity contribution in [3.05, 3.63) is 48.0 Å². The topological polar surface area (TPSA) is 44.1 Å². The summed E-state index contributed by atoms with van der Waals surface area (Å²) in [5, 5.41) is 0. The Morgan fingerprint density at radius 3 is 2.71 bits per heavy atom. The highest BCUT2D eigenvalue weighted by molar-refractivity contribution is 5.78. The van der Waals surface area contributed by atoms with Crippen LogP contribution in [0, 0.1) is 0 Å². The standard InChI is InChI=1S/C17H22N2O2/c1-3-15-11-18-13-19(15)12-16(20)6-4-5-14-7-9-17(21-2)10-8-14/h7-11,13H,3-6,12H2,1-2H3. The van der Waals surface area contributed by atoms with Gasteiger partial charge in [-0.25, -0.2) is 4.98 Å². The number of aromatic nitrogens is 2. The number of ether oxygens (including phenoxy) is 1. The minimum atomic E-state index is 0.260. The van der Waals surface area contributed by atoms with Gasteiger partial charge in [0.2, 0.25) is 0 Å². The maximum Gasteiger partial charge on any atom is 0.152 e. The quantitative estimate of drug-likeness (QED) is 0.749. The molecule has 0 aliphatic carbocycles. The summed E-state index contributed by atoms with van der Waals surface area (Å²) < 4.78 is 7.07. The second-order valence-corrected chi connectivity index (χ2v) is 5.11. The van der Waals surface area contributed by atoms with Crippen LogP contribution in [0.1, 0.15) is 31.0 Å². The molecule has 0 unspecified atom stereocenters. The molecule has 112 valence electrons. The lowest BCUT2D eigenvalue weighted by Crippen LogP contribution is -2.11. The molecule has 2 rings (SSSR count). The van der Waals surface area contributed by atoms with Crippen LogP contribution in [0.25, 0.3) is 0 Å². The van der Waals surface area contributed by atoms with E-state index in [1.54, 1.807) is 13.4 Å². The first kappa shape index (κ1) is 15.3. The van der Waals surface area contributed by atoms with Gasteiger partial charge in [0.05, 0.1) is 20.0 Å². The number of benzene rings is 1. The number of imidazole rings is 1. The van der Waals surface area contributed by atoms with Gasteiger partial charge in [-0.05, 0) is 37.0 Å². The van der Waals surface area contributed by atoms with E-state index in [0.717, 1.165) is 30.7 Å². The van der Waals surface area contributed by atoms with Gasteiger partial charge in [-0.15, -0.1) is 0 Å². The van der Waals surface area contributed by atoms with Gasteiger partial charge < -0.3 is 9.30 Å². The molecule has 0 radical (unpaired) electrons. The van der Waals surface area contributed by atoms with E-state index < -0.39 is 0 Å². The smallest absolute Gasteiger partial charge is 0.152 e. The highest BCUT2D eigenvalue weighted by Crippen LogP contribution is 2.13. The summed E-state index contributed by atoms with van der Waals surface area (Å²) in [7, 11) is 1.66. The third-order valence-corrected chi connectivity index (χ3v) is 3.59. The first-order valence-electron chi connectivity index (χ1n) is 7.36. The zero-order valence-corrected chi connectivity index (χ0v) is 12.7. The summed E-state index contributed by atoms with van der Waals surface area (Å²) in [5.74, 6) is 1.12. The molecule has 21 heavy (non-hydrogen) atoms. The number of rotatable bonds is 8. The van der Waals surface area contributed by atoms with E-state index in [9.17, 15) is 4.79 Å². The highest BCUT2D eigenvalue weighted by atomic mass is 16.5. The molecular formula is C17H22N2O2. The molecule has 0 fully saturated rings. The number of methoxy groups -OCH3 is 1. The fourth-order valence-corrected chi connectivity index (χ4v) is 2.34. The van der Waals surface area contributed by atoms with E-state index in [1.807, 2.05) is 35.0 Å². The third kappa shape index (κ3) is 4.45. The molecule has 0 atom stereocenters. The minimum absolute atomic E-state index is 0.260. The van der Waals surface area contributed by atoms with Gasteiger partial charge in [-0.1, -0.05) is 19.1 Å². The molecular weight excluding hydrogens is 264 g/mol. The fourth-order valence-electron chi connectivity index (χ4n) is 2.34. The number of carbonyl (C=O) groups is 1. The van der Waals surface area contributed by atoms with Crippen LogP contribution >= 0.6 is 0 Å².